The van der Waals surface area contributed by atoms with Crippen LogP contribution in [0.3, 0.4) is 0 Å². The van der Waals surface area contributed by atoms with Crippen molar-refractivity contribution in [3.63, 3.8) is 0 Å². The molecule has 0 aliphatic carbocycles. The molecule has 2 aromatic carbocycles. The first-order valence-electron chi connectivity index (χ1n) is 6.28. The maximum absolute atomic E-state index is 12.1. The van der Waals surface area contributed by atoms with Crippen LogP contribution in [-0.2, 0) is 0 Å². The molecule has 0 unspecified atom stereocenters. The number of amides is 1. The van der Waals surface area contributed by atoms with E-state index in [4.69, 9.17) is 10.5 Å². The van der Waals surface area contributed by atoms with Gasteiger partial charge >= 0.3 is 0 Å². The topological polar surface area (TPSA) is 64.3 Å². The molecular formula is C15H14BrIN2O2. The number of nitrogen functional groups attached to an aromatic ring is 1. The lowest BCUT2D eigenvalue weighted by molar-refractivity contribution is 0.0946. The molecular weight excluding hydrogens is 447 g/mol. The summed E-state index contributed by atoms with van der Waals surface area (Å²) in [6.45, 7) is 0.815. The number of ether oxygens (including phenoxy) is 1. The van der Waals surface area contributed by atoms with E-state index < -0.39 is 0 Å². The van der Waals surface area contributed by atoms with Crippen LogP contribution in [0.2, 0.25) is 0 Å². The highest BCUT2D eigenvalue weighted by Gasteiger charge is 2.09. The highest BCUT2D eigenvalue weighted by molar-refractivity contribution is 14.1. The van der Waals surface area contributed by atoms with Crippen LogP contribution in [0.1, 0.15) is 10.4 Å². The summed E-state index contributed by atoms with van der Waals surface area (Å²) in [7, 11) is 0. The molecule has 1 amide bonds. The van der Waals surface area contributed by atoms with Gasteiger partial charge in [-0.05, 0) is 52.9 Å². The normalized spacial score (nSPS) is 10.2. The Morgan fingerprint density at radius 3 is 2.86 bits per heavy atom. The number of nitrogens with one attached hydrogen (secondary N) is 1. The van der Waals surface area contributed by atoms with Crippen LogP contribution < -0.4 is 15.8 Å². The minimum atomic E-state index is -0.114. The number of carbonyl (C=O) groups is 1. The lowest BCUT2D eigenvalue weighted by atomic mass is 10.2. The van der Waals surface area contributed by atoms with Gasteiger partial charge in [-0.2, -0.15) is 0 Å². The quantitative estimate of drug-likeness (QED) is 0.408. The Bertz CT molecular complexity index is 649. The van der Waals surface area contributed by atoms with Crippen molar-refractivity contribution >= 4 is 50.1 Å². The molecule has 2 aromatic rings. The molecule has 6 heteroatoms. The van der Waals surface area contributed by atoms with E-state index in [2.05, 4.69) is 43.8 Å². The zero-order valence-corrected chi connectivity index (χ0v) is 14.8. The lowest BCUT2D eigenvalue weighted by Gasteiger charge is -2.09. The highest BCUT2D eigenvalue weighted by Crippen LogP contribution is 2.18. The second-order valence-corrected chi connectivity index (χ2v) is 6.38. The smallest absolute Gasteiger partial charge is 0.252 e. The molecule has 110 valence electrons. The third-order valence-corrected chi connectivity index (χ3v) is 4.12. The molecule has 0 saturated carbocycles. The first-order chi connectivity index (χ1) is 10.1. The van der Waals surface area contributed by atoms with Crippen molar-refractivity contribution < 1.29 is 9.53 Å². The van der Waals surface area contributed by atoms with E-state index in [1.54, 1.807) is 18.2 Å². The van der Waals surface area contributed by atoms with E-state index in [1.807, 2.05) is 24.3 Å². The van der Waals surface area contributed by atoms with Gasteiger partial charge in [0.05, 0.1) is 12.1 Å². The third kappa shape index (κ3) is 4.89. The number of halogens is 2. The number of rotatable bonds is 5. The van der Waals surface area contributed by atoms with E-state index in [0.29, 0.717) is 30.2 Å². The fourth-order valence-electron chi connectivity index (χ4n) is 1.70. The Hall–Kier alpha value is -1.28. The highest BCUT2D eigenvalue weighted by atomic mass is 127. The van der Waals surface area contributed by atoms with Gasteiger partial charge in [-0.3, -0.25) is 4.79 Å². The fraction of sp³-hybridized carbons (Fsp3) is 0.133. The van der Waals surface area contributed by atoms with Gasteiger partial charge in [-0.15, -0.1) is 0 Å². The Balaban J connectivity index is 1.83. The molecule has 3 N–H and O–H groups in total. The molecule has 0 atom stereocenters. The molecule has 0 heterocycles. The fourth-order valence-corrected chi connectivity index (χ4v) is 2.65. The summed E-state index contributed by atoms with van der Waals surface area (Å²) in [6, 6.07) is 12.8. The van der Waals surface area contributed by atoms with Gasteiger partial charge in [-0.25, -0.2) is 0 Å². The number of carbonyl (C=O) groups excluding carboxylic acids is 1. The van der Waals surface area contributed by atoms with Crippen molar-refractivity contribution in [3.8, 4) is 5.75 Å². The monoisotopic (exact) mass is 460 g/mol. The van der Waals surface area contributed by atoms with Crippen molar-refractivity contribution in [2.75, 3.05) is 18.9 Å². The molecule has 0 aliphatic heterocycles. The van der Waals surface area contributed by atoms with Crippen molar-refractivity contribution in [1.82, 2.24) is 5.32 Å². The van der Waals surface area contributed by atoms with Crippen LogP contribution in [0.4, 0.5) is 5.69 Å². The predicted octanol–water partition coefficient (Wildman–Crippen LogP) is 3.44. The van der Waals surface area contributed by atoms with Gasteiger partial charge in [0.1, 0.15) is 12.4 Å². The molecule has 0 radical (unpaired) electrons. The summed E-state index contributed by atoms with van der Waals surface area (Å²) in [4.78, 5) is 12.1. The van der Waals surface area contributed by atoms with Gasteiger partial charge in [0.2, 0.25) is 0 Å². The van der Waals surface area contributed by atoms with Gasteiger partial charge in [0, 0.05) is 19.8 Å². The van der Waals surface area contributed by atoms with Crippen LogP contribution in [0.15, 0.2) is 46.9 Å². The first kappa shape index (κ1) is 16.1. The number of nitrogens with two attached hydrogens (primary N) is 1. The number of hydrogen-bond acceptors (Lipinski definition) is 3. The summed E-state index contributed by atoms with van der Waals surface area (Å²) in [5.41, 5.74) is 6.96. The van der Waals surface area contributed by atoms with E-state index in [0.717, 1.165) is 8.04 Å². The lowest BCUT2D eigenvalue weighted by Crippen LogP contribution is -2.28. The Labute approximate surface area is 145 Å². The average molecular weight is 461 g/mol. The zero-order valence-electron chi connectivity index (χ0n) is 11.1. The van der Waals surface area contributed by atoms with E-state index in [-0.39, 0.29) is 5.91 Å². The summed E-state index contributed by atoms with van der Waals surface area (Å²) in [5.74, 6) is 0.582. The van der Waals surface area contributed by atoms with Crippen LogP contribution in [0, 0.1) is 3.57 Å². The SMILES string of the molecule is Nc1cccc(OCCNC(=O)c2cc(Br)ccc2I)c1. The largest absolute Gasteiger partial charge is 0.492 e. The Morgan fingerprint density at radius 2 is 2.10 bits per heavy atom. The summed E-state index contributed by atoms with van der Waals surface area (Å²) in [5, 5.41) is 2.83. The minimum Gasteiger partial charge on any atom is -0.492 e. The van der Waals surface area contributed by atoms with Gasteiger partial charge in [0.25, 0.3) is 5.91 Å². The number of benzene rings is 2. The standard InChI is InChI=1S/C15H14BrIN2O2/c16-10-4-5-14(17)13(8-10)15(20)19-6-7-21-12-3-1-2-11(18)9-12/h1-5,8-9H,6-7,18H2,(H,19,20). The van der Waals surface area contributed by atoms with Crippen LogP contribution in [0.5, 0.6) is 5.75 Å². The van der Waals surface area contributed by atoms with E-state index >= 15 is 0 Å². The second kappa shape index (κ2) is 7.65. The molecule has 0 aliphatic rings. The predicted molar refractivity (Wildman–Crippen MR) is 95.5 cm³/mol. The number of hydrogen-bond donors (Lipinski definition) is 2. The van der Waals surface area contributed by atoms with E-state index in [9.17, 15) is 4.79 Å². The molecule has 4 nitrogen and oxygen atoms in total. The first-order valence-corrected chi connectivity index (χ1v) is 8.15. The summed E-state index contributed by atoms with van der Waals surface area (Å²) >= 11 is 5.50. The molecule has 21 heavy (non-hydrogen) atoms. The van der Waals surface area contributed by atoms with E-state index in [1.165, 1.54) is 0 Å². The maximum atomic E-state index is 12.1. The van der Waals surface area contributed by atoms with Crippen molar-refractivity contribution in [2.45, 2.75) is 0 Å². The third-order valence-electron chi connectivity index (χ3n) is 2.69. The second-order valence-electron chi connectivity index (χ2n) is 4.30. The number of anilines is 1. The minimum absolute atomic E-state index is 0.114. The van der Waals surface area contributed by atoms with Gasteiger partial charge in [0.15, 0.2) is 0 Å². The molecule has 0 spiro atoms. The van der Waals surface area contributed by atoms with Crippen molar-refractivity contribution in [1.29, 1.82) is 0 Å². The summed E-state index contributed by atoms with van der Waals surface area (Å²) in [6.07, 6.45) is 0. The molecule has 0 saturated heterocycles. The van der Waals surface area contributed by atoms with Crippen molar-refractivity contribution in [3.05, 3.63) is 56.1 Å². The molecule has 0 bridgehead atoms. The summed E-state index contributed by atoms with van der Waals surface area (Å²) < 4.78 is 7.31. The maximum Gasteiger partial charge on any atom is 0.252 e. The molecule has 0 aromatic heterocycles. The Morgan fingerprint density at radius 1 is 1.29 bits per heavy atom. The van der Waals surface area contributed by atoms with Crippen LogP contribution in [-0.4, -0.2) is 19.1 Å². The zero-order chi connectivity index (χ0) is 15.2. The Kier molecular flexibility index (Phi) is 5.86. The molecule has 2 rings (SSSR count). The molecule has 0 fully saturated rings. The van der Waals surface area contributed by atoms with Gasteiger partial charge in [-0.1, -0.05) is 22.0 Å². The average Bonchev–Trinajstić information content (AvgIpc) is 2.46. The van der Waals surface area contributed by atoms with Crippen LogP contribution in [0.25, 0.3) is 0 Å². The van der Waals surface area contributed by atoms with Crippen molar-refractivity contribution in [2.24, 2.45) is 0 Å². The van der Waals surface area contributed by atoms with Crippen LogP contribution >= 0.6 is 38.5 Å². The van der Waals surface area contributed by atoms with Gasteiger partial charge < -0.3 is 15.8 Å².